The van der Waals surface area contributed by atoms with Gasteiger partial charge in [-0.1, -0.05) is 172 Å². The van der Waals surface area contributed by atoms with Crippen LogP contribution < -0.4 is 0 Å². The average molecular weight is 929 g/mol. The lowest BCUT2D eigenvalue weighted by Gasteiger charge is -2.41. The summed E-state index contributed by atoms with van der Waals surface area (Å²) in [5.74, 6) is -0.487. The summed E-state index contributed by atoms with van der Waals surface area (Å²) in [4.78, 5) is 23.2. The molecule has 374 valence electrons. The van der Waals surface area contributed by atoms with E-state index in [2.05, 4.69) is 62.5 Å². The Hall–Kier alpha value is -1.70. The minimum atomic E-state index is -5.03. The molecule has 0 aliphatic heterocycles. The molecule has 1 aliphatic carbocycles. The van der Waals surface area contributed by atoms with Crippen LogP contribution in [0.15, 0.2) is 48.6 Å². The fraction of sp³-hybridized carbons (Fsp3) is 0.824. The van der Waals surface area contributed by atoms with E-state index in [0.717, 1.165) is 77.0 Å². The SMILES string of the molecule is CCCCCC/C=C\C/C=C\CCCCCCCCCCOCC(COP(=O)(O)OC1C(O)C(O)C(O)C(O)C1O)OC(=O)CCCCCCCCC/C=C\C/C=C\CCCCCC. The summed E-state index contributed by atoms with van der Waals surface area (Å²) in [6, 6.07) is 0. The monoisotopic (exact) mass is 929 g/mol. The Morgan fingerprint density at radius 3 is 1.31 bits per heavy atom. The van der Waals surface area contributed by atoms with Crippen LogP contribution in [0.1, 0.15) is 206 Å². The van der Waals surface area contributed by atoms with Gasteiger partial charge in [0.05, 0.1) is 13.2 Å². The molecular weight excluding hydrogens is 836 g/mol. The van der Waals surface area contributed by atoms with Crippen molar-refractivity contribution in [1.82, 2.24) is 0 Å². The number of unbranched alkanes of at least 4 members (excludes halogenated alkanes) is 23. The van der Waals surface area contributed by atoms with E-state index in [1.54, 1.807) is 0 Å². The predicted molar refractivity (Wildman–Crippen MR) is 258 cm³/mol. The predicted octanol–water partition coefficient (Wildman–Crippen LogP) is 11.2. The first-order valence-electron chi connectivity index (χ1n) is 25.5. The van der Waals surface area contributed by atoms with Gasteiger partial charge >= 0.3 is 13.8 Å². The number of hydrogen-bond acceptors (Lipinski definition) is 11. The molecule has 0 amide bonds. The number of esters is 1. The van der Waals surface area contributed by atoms with Crippen molar-refractivity contribution in [2.75, 3.05) is 19.8 Å². The Morgan fingerprint density at radius 1 is 0.500 bits per heavy atom. The molecule has 6 unspecified atom stereocenters. The van der Waals surface area contributed by atoms with Crippen LogP contribution in [0.25, 0.3) is 0 Å². The third-order valence-electron chi connectivity index (χ3n) is 11.7. The number of hydrogen-bond donors (Lipinski definition) is 6. The van der Waals surface area contributed by atoms with E-state index in [0.29, 0.717) is 13.0 Å². The number of aliphatic hydroxyl groups excluding tert-OH is 5. The largest absolute Gasteiger partial charge is 0.472 e. The number of rotatable bonds is 43. The van der Waals surface area contributed by atoms with Gasteiger partial charge in [-0.2, -0.15) is 0 Å². The highest BCUT2D eigenvalue weighted by Crippen LogP contribution is 2.47. The van der Waals surface area contributed by atoms with Crippen LogP contribution in [0.2, 0.25) is 0 Å². The van der Waals surface area contributed by atoms with E-state index < -0.39 is 63.1 Å². The summed E-state index contributed by atoms with van der Waals surface area (Å²) in [5, 5.41) is 50.3. The highest BCUT2D eigenvalue weighted by molar-refractivity contribution is 7.47. The molecule has 0 aromatic heterocycles. The van der Waals surface area contributed by atoms with Crippen molar-refractivity contribution in [3.63, 3.8) is 0 Å². The van der Waals surface area contributed by atoms with E-state index in [1.165, 1.54) is 103 Å². The number of aliphatic hydroxyl groups is 5. The molecule has 1 aliphatic rings. The van der Waals surface area contributed by atoms with Crippen molar-refractivity contribution in [1.29, 1.82) is 0 Å². The third-order valence-corrected chi connectivity index (χ3v) is 12.7. The van der Waals surface area contributed by atoms with Gasteiger partial charge in [0, 0.05) is 13.0 Å². The number of allylic oxidation sites excluding steroid dienone is 8. The van der Waals surface area contributed by atoms with E-state index in [-0.39, 0.29) is 13.0 Å². The van der Waals surface area contributed by atoms with Crippen LogP contribution in [0.3, 0.4) is 0 Å². The van der Waals surface area contributed by atoms with Crippen LogP contribution in [0, 0.1) is 0 Å². The molecular formula is C51H93O12P. The molecule has 1 fully saturated rings. The van der Waals surface area contributed by atoms with Crippen molar-refractivity contribution in [2.24, 2.45) is 0 Å². The molecule has 0 saturated heterocycles. The summed E-state index contributed by atoms with van der Waals surface area (Å²) in [6.07, 6.45) is 38.8. The standard InChI is InChI=1S/C51H93O12P/c1-3-5-7-9-11-13-15-17-19-21-23-25-27-29-31-33-35-37-39-41-60-42-44(43-61-64(58,59)63-51-49(56)47(54)46(53)48(55)50(51)57)62-45(52)40-38-36-34-32-30-28-26-24-22-20-18-16-14-12-10-8-6-4-2/h13-16,19-22,44,46-51,53-57H,3-12,17-18,23-43H2,1-2H3,(H,58,59)/b15-13-,16-14-,21-19-,22-20-. The molecule has 64 heavy (non-hydrogen) atoms. The fourth-order valence-electron chi connectivity index (χ4n) is 7.59. The number of ether oxygens (including phenoxy) is 2. The van der Waals surface area contributed by atoms with Crippen LogP contribution in [-0.2, 0) is 27.9 Å². The van der Waals surface area contributed by atoms with E-state index in [4.69, 9.17) is 18.5 Å². The van der Waals surface area contributed by atoms with Crippen LogP contribution in [0.4, 0.5) is 0 Å². The molecule has 13 heteroatoms. The number of carbonyl (C=O) groups is 1. The molecule has 1 saturated carbocycles. The molecule has 0 heterocycles. The maximum atomic E-state index is 12.8. The molecule has 1 rings (SSSR count). The second-order valence-corrected chi connectivity index (χ2v) is 19.1. The zero-order valence-corrected chi connectivity index (χ0v) is 41.0. The second-order valence-electron chi connectivity index (χ2n) is 17.7. The molecule has 12 nitrogen and oxygen atoms in total. The second kappa shape index (κ2) is 41.5. The average Bonchev–Trinajstić information content (AvgIpc) is 3.28. The van der Waals surface area contributed by atoms with Crippen LogP contribution in [0.5, 0.6) is 0 Å². The number of phosphoric ester groups is 1. The lowest BCUT2D eigenvalue weighted by molar-refractivity contribution is -0.220. The lowest BCUT2D eigenvalue weighted by Crippen LogP contribution is -2.64. The van der Waals surface area contributed by atoms with Crippen molar-refractivity contribution >= 4 is 13.8 Å². The summed E-state index contributed by atoms with van der Waals surface area (Å²) in [6.45, 7) is 4.22. The molecule has 0 aromatic carbocycles. The first-order chi connectivity index (χ1) is 31.0. The van der Waals surface area contributed by atoms with E-state index in [9.17, 15) is 39.8 Å². The van der Waals surface area contributed by atoms with Gasteiger partial charge < -0.3 is 39.9 Å². The highest BCUT2D eigenvalue weighted by atomic mass is 31.2. The minimum absolute atomic E-state index is 0.0845. The van der Waals surface area contributed by atoms with E-state index in [1.807, 2.05) is 0 Å². The fourth-order valence-corrected chi connectivity index (χ4v) is 8.57. The van der Waals surface area contributed by atoms with Gasteiger partial charge in [-0.05, 0) is 77.0 Å². The molecule has 0 radical (unpaired) electrons. The van der Waals surface area contributed by atoms with Crippen molar-refractivity contribution < 1.29 is 58.3 Å². The smallest absolute Gasteiger partial charge is 0.457 e. The Balaban J connectivity index is 2.36. The normalized spacial score (nSPS) is 22.1. The van der Waals surface area contributed by atoms with Crippen molar-refractivity contribution in [3.05, 3.63) is 48.6 Å². The van der Waals surface area contributed by atoms with Gasteiger partial charge in [0.2, 0.25) is 0 Å². The quantitative estimate of drug-likeness (QED) is 0.0147. The first kappa shape index (κ1) is 60.3. The highest BCUT2D eigenvalue weighted by Gasteiger charge is 2.51. The van der Waals surface area contributed by atoms with Gasteiger partial charge in [-0.15, -0.1) is 0 Å². The molecule has 6 atom stereocenters. The summed E-state index contributed by atoms with van der Waals surface area (Å²) >= 11 is 0. The Bertz CT molecular complexity index is 1240. The summed E-state index contributed by atoms with van der Waals surface area (Å²) in [5.41, 5.74) is 0. The zero-order chi connectivity index (χ0) is 46.9. The topological polar surface area (TPSA) is 192 Å². The first-order valence-corrected chi connectivity index (χ1v) is 27.0. The number of carbonyl (C=O) groups excluding carboxylic acids is 1. The summed E-state index contributed by atoms with van der Waals surface area (Å²) < 4.78 is 34.3. The minimum Gasteiger partial charge on any atom is -0.457 e. The molecule has 6 N–H and O–H groups in total. The Kier molecular flexibility index (Phi) is 39.1. The van der Waals surface area contributed by atoms with E-state index >= 15 is 0 Å². The lowest BCUT2D eigenvalue weighted by atomic mass is 9.85. The Labute approximate surface area is 388 Å². The maximum absolute atomic E-state index is 12.8. The van der Waals surface area contributed by atoms with Crippen LogP contribution in [-0.4, -0.2) is 98.9 Å². The summed E-state index contributed by atoms with van der Waals surface area (Å²) in [7, 11) is -5.03. The third kappa shape index (κ3) is 32.9. The van der Waals surface area contributed by atoms with Gasteiger partial charge in [-0.3, -0.25) is 13.8 Å². The van der Waals surface area contributed by atoms with Crippen molar-refractivity contribution in [2.45, 2.75) is 249 Å². The zero-order valence-electron chi connectivity index (χ0n) is 40.1. The molecule has 0 spiro atoms. The van der Waals surface area contributed by atoms with Crippen LogP contribution >= 0.6 is 7.82 Å². The molecule has 0 aromatic rings. The number of phosphoric acid groups is 1. The van der Waals surface area contributed by atoms with Gasteiger partial charge in [0.15, 0.2) is 0 Å². The Morgan fingerprint density at radius 2 is 0.875 bits per heavy atom. The van der Waals surface area contributed by atoms with Crippen molar-refractivity contribution in [3.8, 4) is 0 Å². The maximum Gasteiger partial charge on any atom is 0.472 e. The van der Waals surface area contributed by atoms with Gasteiger partial charge in [0.25, 0.3) is 0 Å². The molecule has 0 bridgehead atoms. The van der Waals surface area contributed by atoms with Gasteiger partial charge in [-0.25, -0.2) is 4.57 Å². The van der Waals surface area contributed by atoms with Gasteiger partial charge in [0.1, 0.15) is 42.7 Å².